The average molecular weight is 243 g/mol. The van der Waals surface area contributed by atoms with Crippen LogP contribution in [0.1, 0.15) is 11.7 Å². The Morgan fingerprint density at radius 2 is 2.46 bits per heavy atom. The fourth-order valence-corrected chi connectivity index (χ4v) is 1.21. The highest BCUT2D eigenvalue weighted by Gasteiger charge is 2.06. The summed E-state index contributed by atoms with van der Waals surface area (Å²) < 4.78 is 0.782. The van der Waals surface area contributed by atoms with E-state index in [0.717, 1.165) is 4.47 Å². The number of pyridine rings is 1. The number of hydrogen-bond donors (Lipinski definition) is 1. The van der Waals surface area contributed by atoms with Crippen molar-refractivity contribution >= 4 is 15.9 Å². The second kappa shape index (κ2) is 4.81. The summed E-state index contributed by atoms with van der Waals surface area (Å²) in [7, 11) is 0. The van der Waals surface area contributed by atoms with E-state index in [1.54, 1.807) is 12.3 Å². The molecule has 0 fully saturated rings. The molecule has 0 saturated heterocycles. The molecule has 5 nitrogen and oxygen atoms in total. The third kappa shape index (κ3) is 3.02. The zero-order valence-electron chi connectivity index (χ0n) is 6.63. The van der Waals surface area contributed by atoms with Gasteiger partial charge in [-0.1, -0.05) is 5.11 Å². The van der Waals surface area contributed by atoms with Gasteiger partial charge in [0.25, 0.3) is 0 Å². The lowest BCUT2D eigenvalue weighted by atomic mass is 10.2. The lowest BCUT2D eigenvalue weighted by Crippen LogP contribution is -2.01. The van der Waals surface area contributed by atoms with E-state index in [0.29, 0.717) is 5.56 Å². The van der Waals surface area contributed by atoms with Gasteiger partial charge in [0.15, 0.2) is 0 Å². The molecule has 1 aromatic rings. The lowest BCUT2D eigenvalue weighted by Gasteiger charge is -2.06. The molecule has 1 heterocycles. The van der Waals surface area contributed by atoms with Gasteiger partial charge in [-0.15, -0.1) is 0 Å². The zero-order valence-corrected chi connectivity index (χ0v) is 8.22. The van der Waals surface area contributed by atoms with Crippen molar-refractivity contribution in [3.05, 3.63) is 38.9 Å². The number of azide groups is 1. The molecule has 68 valence electrons. The molecule has 0 aliphatic heterocycles. The second-order valence-corrected chi connectivity index (χ2v) is 3.28. The van der Waals surface area contributed by atoms with Gasteiger partial charge in [-0.3, -0.25) is 4.98 Å². The van der Waals surface area contributed by atoms with Gasteiger partial charge in [0.2, 0.25) is 0 Å². The number of hydrogen-bond acceptors (Lipinski definition) is 3. The summed E-state index contributed by atoms with van der Waals surface area (Å²) in [6.45, 7) is 0.0225. The maximum absolute atomic E-state index is 9.45. The Balaban J connectivity index is 2.76. The van der Waals surface area contributed by atoms with E-state index < -0.39 is 6.10 Å². The summed E-state index contributed by atoms with van der Waals surface area (Å²) in [6.07, 6.45) is 2.35. The fraction of sp³-hybridized carbons (Fsp3) is 0.286. The predicted molar refractivity (Wildman–Crippen MR) is 50.9 cm³/mol. The number of aliphatic hydroxyl groups is 1. The summed E-state index contributed by atoms with van der Waals surface area (Å²) in [5.41, 5.74) is 8.67. The molecular formula is C7H7BrN4O. The molecule has 0 bridgehead atoms. The van der Waals surface area contributed by atoms with E-state index in [1.807, 2.05) is 0 Å². The van der Waals surface area contributed by atoms with E-state index in [-0.39, 0.29) is 6.54 Å². The minimum atomic E-state index is -0.791. The molecule has 0 unspecified atom stereocenters. The Bertz CT molecular complexity index is 337. The lowest BCUT2D eigenvalue weighted by molar-refractivity contribution is 0.186. The Kier molecular flexibility index (Phi) is 3.70. The van der Waals surface area contributed by atoms with Crippen LogP contribution in [0.15, 0.2) is 28.0 Å². The van der Waals surface area contributed by atoms with Crippen LogP contribution in [0.2, 0.25) is 0 Å². The van der Waals surface area contributed by atoms with E-state index >= 15 is 0 Å². The molecule has 0 aliphatic rings. The summed E-state index contributed by atoms with van der Waals surface area (Å²) >= 11 is 3.22. The van der Waals surface area contributed by atoms with Gasteiger partial charge >= 0.3 is 0 Å². The van der Waals surface area contributed by atoms with Crippen LogP contribution in [-0.4, -0.2) is 16.6 Å². The van der Waals surface area contributed by atoms with Crippen LogP contribution in [0.4, 0.5) is 0 Å². The van der Waals surface area contributed by atoms with Crippen molar-refractivity contribution in [2.45, 2.75) is 6.10 Å². The Hall–Kier alpha value is -1.10. The Labute approximate surface area is 83.2 Å². The topological polar surface area (TPSA) is 81.9 Å². The second-order valence-electron chi connectivity index (χ2n) is 2.37. The first-order chi connectivity index (χ1) is 6.24. The first-order valence-electron chi connectivity index (χ1n) is 3.53. The molecular weight excluding hydrogens is 236 g/mol. The average Bonchev–Trinajstić information content (AvgIpc) is 2.14. The standard InChI is InChI=1S/C7H7BrN4O/c8-6-1-5(2-10-3-6)7(13)4-11-12-9/h1-3,7,13H,4H2/t7-/m0/s1. The van der Waals surface area contributed by atoms with Crippen molar-refractivity contribution in [3.8, 4) is 0 Å². The quantitative estimate of drug-likeness (QED) is 0.501. The van der Waals surface area contributed by atoms with Crippen molar-refractivity contribution in [3.63, 3.8) is 0 Å². The normalized spacial score (nSPS) is 11.8. The van der Waals surface area contributed by atoms with Crippen molar-refractivity contribution in [2.24, 2.45) is 5.11 Å². The fourth-order valence-electron chi connectivity index (χ4n) is 0.830. The number of aromatic nitrogens is 1. The smallest absolute Gasteiger partial charge is 0.0861 e. The Morgan fingerprint density at radius 3 is 3.08 bits per heavy atom. The van der Waals surface area contributed by atoms with Crippen LogP contribution < -0.4 is 0 Å². The maximum Gasteiger partial charge on any atom is 0.0861 e. The molecule has 1 atom stereocenters. The monoisotopic (exact) mass is 242 g/mol. The molecule has 0 radical (unpaired) electrons. The van der Waals surface area contributed by atoms with Gasteiger partial charge in [-0.25, -0.2) is 0 Å². The van der Waals surface area contributed by atoms with Crippen molar-refractivity contribution in [1.29, 1.82) is 0 Å². The van der Waals surface area contributed by atoms with Gasteiger partial charge < -0.3 is 5.11 Å². The number of halogens is 1. The highest BCUT2D eigenvalue weighted by atomic mass is 79.9. The molecule has 13 heavy (non-hydrogen) atoms. The molecule has 6 heteroatoms. The predicted octanol–water partition coefficient (Wildman–Crippen LogP) is 2.19. The highest BCUT2D eigenvalue weighted by molar-refractivity contribution is 9.10. The van der Waals surface area contributed by atoms with Gasteiger partial charge in [0, 0.05) is 27.3 Å². The van der Waals surface area contributed by atoms with Crippen LogP contribution in [0, 0.1) is 0 Å². The van der Waals surface area contributed by atoms with Gasteiger partial charge in [-0.2, -0.15) is 0 Å². The summed E-state index contributed by atoms with van der Waals surface area (Å²) in [4.78, 5) is 6.43. The summed E-state index contributed by atoms with van der Waals surface area (Å²) in [5.74, 6) is 0. The molecule has 0 aromatic carbocycles. The number of nitrogens with zero attached hydrogens (tertiary/aromatic N) is 4. The van der Waals surface area contributed by atoms with Crippen molar-refractivity contribution in [2.75, 3.05) is 6.54 Å². The van der Waals surface area contributed by atoms with Crippen LogP contribution in [0.25, 0.3) is 10.4 Å². The van der Waals surface area contributed by atoms with Crippen LogP contribution >= 0.6 is 15.9 Å². The van der Waals surface area contributed by atoms with E-state index in [1.165, 1.54) is 6.20 Å². The zero-order chi connectivity index (χ0) is 9.68. The molecule has 1 N–H and O–H groups in total. The Morgan fingerprint density at radius 1 is 1.69 bits per heavy atom. The minimum Gasteiger partial charge on any atom is -0.388 e. The largest absolute Gasteiger partial charge is 0.388 e. The third-order valence-electron chi connectivity index (χ3n) is 1.43. The van der Waals surface area contributed by atoms with Gasteiger partial charge in [-0.05, 0) is 27.5 Å². The maximum atomic E-state index is 9.45. The molecule has 0 aliphatic carbocycles. The molecule has 0 amide bonds. The van der Waals surface area contributed by atoms with Gasteiger partial charge in [0.1, 0.15) is 0 Å². The molecule has 1 rings (SSSR count). The first kappa shape index (κ1) is 9.98. The van der Waals surface area contributed by atoms with Crippen molar-refractivity contribution in [1.82, 2.24) is 4.98 Å². The van der Waals surface area contributed by atoms with E-state index in [2.05, 4.69) is 30.9 Å². The minimum absolute atomic E-state index is 0.0225. The number of aliphatic hydroxyl groups excluding tert-OH is 1. The number of rotatable bonds is 3. The van der Waals surface area contributed by atoms with E-state index in [4.69, 9.17) is 5.53 Å². The highest BCUT2D eigenvalue weighted by Crippen LogP contribution is 2.16. The first-order valence-corrected chi connectivity index (χ1v) is 4.32. The SMILES string of the molecule is [N-]=[N+]=NC[C@H](O)c1cncc(Br)c1. The van der Waals surface area contributed by atoms with Gasteiger partial charge in [0.05, 0.1) is 12.6 Å². The summed E-state index contributed by atoms with van der Waals surface area (Å²) in [5, 5.41) is 12.7. The summed E-state index contributed by atoms with van der Waals surface area (Å²) in [6, 6.07) is 1.73. The molecule has 1 aromatic heterocycles. The molecule has 0 spiro atoms. The van der Waals surface area contributed by atoms with Crippen molar-refractivity contribution < 1.29 is 5.11 Å². The van der Waals surface area contributed by atoms with Crippen LogP contribution in [0.3, 0.4) is 0 Å². The van der Waals surface area contributed by atoms with E-state index in [9.17, 15) is 5.11 Å². The van der Waals surface area contributed by atoms with Crippen LogP contribution in [0.5, 0.6) is 0 Å². The molecule has 0 saturated carbocycles. The van der Waals surface area contributed by atoms with Crippen LogP contribution in [-0.2, 0) is 0 Å². The third-order valence-corrected chi connectivity index (χ3v) is 1.86.